The van der Waals surface area contributed by atoms with Crippen LogP contribution in [0, 0.1) is 0 Å². The SMILES string of the molecule is CCN(CC1CCCO1)S(=O)(=O)c1cnn(CCO)c1. The molecule has 0 amide bonds. The van der Waals surface area contributed by atoms with E-state index in [1.807, 2.05) is 6.92 Å². The van der Waals surface area contributed by atoms with Gasteiger partial charge in [-0.1, -0.05) is 6.92 Å². The predicted molar refractivity (Wildman–Crippen MR) is 72.7 cm³/mol. The highest BCUT2D eigenvalue weighted by Crippen LogP contribution is 2.19. The van der Waals surface area contributed by atoms with Crippen LogP contribution in [0.4, 0.5) is 0 Å². The molecule has 1 atom stereocenters. The molecule has 2 heterocycles. The van der Waals surface area contributed by atoms with Crippen LogP contribution in [-0.4, -0.2) is 60.0 Å². The molecule has 0 aromatic carbocycles. The molecule has 0 spiro atoms. The fourth-order valence-electron chi connectivity index (χ4n) is 2.26. The molecule has 7 nitrogen and oxygen atoms in total. The first-order valence-electron chi connectivity index (χ1n) is 6.83. The van der Waals surface area contributed by atoms with Gasteiger partial charge in [-0.3, -0.25) is 4.68 Å². The van der Waals surface area contributed by atoms with Crippen LogP contribution in [0.15, 0.2) is 17.3 Å². The van der Waals surface area contributed by atoms with E-state index < -0.39 is 10.0 Å². The summed E-state index contributed by atoms with van der Waals surface area (Å²) >= 11 is 0. The van der Waals surface area contributed by atoms with Crippen molar-refractivity contribution >= 4 is 10.0 Å². The lowest BCUT2D eigenvalue weighted by molar-refractivity contribution is 0.0947. The summed E-state index contributed by atoms with van der Waals surface area (Å²) in [7, 11) is -3.55. The molecule has 1 aliphatic rings. The maximum absolute atomic E-state index is 12.5. The monoisotopic (exact) mass is 303 g/mol. The standard InChI is InChI=1S/C12H21N3O4S/c1-2-15(9-11-4-3-7-19-11)20(17,18)12-8-13-14(10-12)5-6-16/h8,10-11,16H,2-7,9H2,1H3. The van der Waals surface area contributed by atoms with Crippen LogP contribution in [0.25, 0.3) is 0 Å². The summed E-state index contributed by atoms with van der Waals surface area (Å²) in [5.41, 5.74) is 0. The molecule has 0 radical (unpaired) electrons. The van der Waals surface area contributed by atoms with E-state index in [0.717, 1.165) is 12.8 Å². The Morgan fingerprint density at radius 1 is 1.60 bits per heavy atom. The van der Waals surface area contributed by atoms with Crippen molar-refractivity contribution in [1.29, 1.82) is 0 Å². The average Bonchev–Trinajstić information content (AvgIpc) is 3.07. The molecule has 8 heteroatoms. The first-order valence-corrected chi connectivity index (χ1v) is 8.27. The fraction of sp³-hybridized carbons (Fsp3) is 0.750. The molecule has 0 saturated carbocycles. The Morgan fingerprint density at radius 2 is 2.40 bits per heavy atom. The molecule has 0 bridgehead atoms. The van der Waals surface area contributed by atoms with Gasteiger partial charge in [-0.15, -0.1) is 0 Å². The van der Waals surface area contributed by atoms with Gasteiger partial charge in [0.25, 0.3) is 0 Å². The highest BCUT2D eigenvalue weighted by atomic mass is 32.2. The summed E-state index contributed by atoms with van der Waals surface area (Å²) in [5.74, 6) is 0. The van der Waals surface area contributed by atoms with E-state index in [9.17, 15) is 8.42 Å². The molecule has 1 fully saturated rings. The highest BCUT2D eigenvalue weighted by molar-refractivity contribution is 7.89. The molecule has 20 heavy (non-hydrogen) atoms. The normalized spacial score (nSPS) is 19.9. The van der Waals surface area contributed by atoms with Gasteiger partial charge in [0.15, 0.2) is 0 Å². The van der Waals surface area contributed by atoms with E-state index in [2.05, 4.69) is 5.10 Å². The molecular formula is C12H21N3O4S. The quantitative estimate of drug-likeness (QED) is 0.770. The first kappa shape index (κ1) is 15.4. The van der Waals surface area contributed by atoms with Crippen molar-refractivity contribution in [2.45, 2.75) is 37.3 Å². The summed E-state index contributed by atoms with van der Waals surface area (Å²) in [6, 6.07) is 0. The zero-order valence-corrected chi connectivity index (χ0v) is 12.4. The Morgan fingerprint density at radius 3 is 3.00 bits per heavy atom. The molecule has 1 aromatic heterocycles. The Labute approximate surface area is 119 Å². The van der Waals surface area contributed by atoms with E-state index in [1.54, 1.807) is 0 Å². The molecule has 1 N–H and O–H groups in total. The maximum atomic E-state index is 12.5. The van der Waals surface area contributed by atoms with E-state index in [0.29, 0.717) is 19.7 Å². The van der Waals surface area contributed by atoms with E-state index in [-0.39, 0.29) is 24.2 Å². The van der Waals surface area contributed by atoms with Gasteiger partial charge >= 0.3 is 0 Å². The molecule has 1 saturated heterocycles. The zero-order valence-electron chi connectivity index (χ0n) is 11.6. The number of nitrogens with zero attached hydrogens (tertiary/aromatic N) is 3. The van der Waals surface area contributed by atoms with Crippen LogP contribution in [0.2, 0.25) is 0 Å². The lowest BCUT2D eigenvalue weighted by Gasteiger charge is -2.22. The number of aliphatic hydroxyl groups excluding tert-OH is 1. The molecule has 1 aliphatic heterocycles. The van der Waals surface area contributed by atoms with Crippen molar-refractivity contribution in [1.82, 2.24) is 14.1 Å². The Bertz CT molecular complexity index is 523. The molecule has 1 aromatic rings. The van der Waals surface area contributed by atoms with Gasteiger partial charge < -0.3 is 9.84 Å². The van der Waals surface area contributed by atoms with Gasteiger partial charge in [-0.2, -0.15) is 9.40 Å². The Balaban J connectivity index is 2.12. The van der Waals surface area contributed by atoms with Crippen molar-refractivity contribution in [3.05, 3.63) is 12.4 Å². The third kappa shape index (κ3) is 3.38. The molecule has 114 valence electrons. The van der Waals surface area contributed by atoms with Crippen molar-refractivity contribution in [2.24, 2.45) is 0 Å². The van der Waals surface area contributed by atoms with Gasteiger partial charge in [0.05, 0.1) is 25.5 Å². The van der Waals surface area contributed by atoms with Crippen LogP contribution in [0.5, 0.6) is 0 Å². The van der Waals surface area contributed by atoms with Crippen molar-refractivity contribution in [3.8, 4) is 0 Å². The minimum atomic E-state index is -3.55. The van der Waals surface area contributed by atoms with Crippen LogP contribution in [0.3, 0.4) is 0 Å². The largest absolute Gasteiger partial charge is 0.394 e. The van der Waals surface area contributed by atoms with E-state index >= 15 is 0 Å². The molecule has 0 aliphatic carbocycles. The number of sulfonamides is 1. The van der Waals surface area contributed by atoms with Crippen molar-refractivity contribution < 1.29 is 18.3 Å². The predicted octanol–water partition coefficient (Wildman–Crippen LogP) is 0.0650. The molecular weight excluding hydrogens is 282 g/mol. The smallest absolute Gasteiger partial charge is 0.246 e. The molecule has 2 rings (SSSR count). The second-order valence-electron chi connectivity index (χ2n) is 4.75. The number of ether oxygens (including phenoxy) is 1. The Kier molecular flexibility index (Phi) is 5.14. The maximum Gasteiger partial charge on any atom is 0.246 e. The molecule has 1 unspecified atom stereocenters. The van der Waals surface area contributed by atoms with Gasteiger partial charge in [0.2, 0.25) is 10.0 Å². The van der Waals surface area contributed by atoms with Gasteiger partial charge in [-0.05, 0) is 12.8 Å². The first-order chi connectivity index (χ1) is 9.57. The van der Waals surface area contributed by atoms with Crippen LogP contribution >= 0.6 is 0 Å². The number of hydrogen-bond acceptors (Lipinski definition) is 5. The number of hydrogen-bond donors (Lipinski definition) is 1. The Hall–Kier alpha value is -0.960. The van der Waals surface area contributed by atoms with Gasteiger partial charge in [0.1, 0.15) is 4.90 Å². The highest BCUT2D eigenvalue weighted by Gasteiger charge is 2.28. The van der Waals surface area contributed by atoms with Crippen LogP contribution < -0.4 is 0 Å². The lowest BCUT2D eigenvalue weighted by Crippen LogP contribution is -2.37. The average molecular weight is 303 g/mol. The zero-order chi connectivity index (χ0) is 14.6. The number of aromatic nitrogens is 2. The minimum Gasteiger partial charge on any atom is -0.394 e. The summed E-state index contributed by atoms with van der Waals surface area (Å²) in [6.07, 6.45) is 4.64. The van der Waals surface area contributed by atoms with E-state index in [1.165, 1.54) is 21.4 Å². The second-order valence-corrected chi connectivity index (χ2v) is 6.69. The number of aliphatic hydroxyl groups is 1. The number of likely N-dealkylation sites (N-methyl/N-ethyl adjacent to an activating group) is 1. The van der Waals surface area contributed by atoms with Gasteiger partial charge in [0, 0.05) is 25.9 Å². The minimum absolute atomic E-state index is 0.0165. The second kappa shape index (κ2) is 6.66. The third-order valence-electron chi connectivity index (χ3n) is 3.36. The van der Waals surface area contributed by atoms with Crippen molar-refractivity contribution in [3.63, 3.8) is 0 Å². The van der Waals surface area contributed by atoms with Crippen LogP contribution in [0.1, 0.15) is 19.8 Å². The summed E-state index contributed by atoms with van der Waals surface area (Å²) in [6.45, 7) is 3.50. The van der Waals surface area contributed by atoms with Crippen LogP contribution in [-0.2, 0) is 21.3 Å². The lowest BCUT2D eigenvalue weighted by atomic mass is 10.2. The number of rotatable bonds is 7. The topological polar surface area (TPSA) is 84.7 Å². The fourth-order valence-corrected chi connectivity index (χ4v) is 3.70. The summed E-state index contributed by atoms with van der Waals surface area (Å²) in [5, 5.41) is 12.8. The summed E-state index contributed by atoms with van der Waals surface area (Å²) in [4.78, 5) is 0.158. The van der Waals surface area contributed by atoms with Gasteiger partial charge in [-0.25, -0.2) is 8.42 Å². The van der Waals surface area contributed by atoms with E-state index in [4.69, 9.17) is 9.84 Å². The summed E-state index contributed by atoms with van der Waals surface area (Å²) < 4.78 is 33.4. The third-order valence-corrected chi connectivity index (χ3v) is 5.25. The van der Waals surface area contributed by atoms with Crippen molar-refractivity contribution in [2.75, 3.05) is 26.3 Å².